The fourth-order valence-corrected chi connectivity index (χ4v) is 3.69. The summed E-state index contributed by atoms with van der Waals surface area (Å²) < 4.78 is 60.3. The topological polar surface area (TPSA) is 97.7 Å². The highest BCUT2D eigenvalue weighted by atomic mass is 32.2. The molecule has 6 nitrogen and oxygen atoms in total. The highest BCUT2D eigenvalue weighted by molar-refractivity contribution is 7.87. The Labute approximate surface area is 120 Å². The minimum atomic E-state index is -5.94. The van der Waals surface area contributed by atoms with Crippen LogP contribution in [0.25, 0.3) is 0 Å². The number of halogens is 2. The van der Waals surface area contributed by atoms with Crippen LogP contribution in [0.15, 0.2) is 0 Å². The molecular formula is C12H16F2O6S. The van der Waals surface area contributed by atoms with E-state index in [4.69, 9.17) is 4.55 Å². The molecular weight excluding hydrogens is 310 g/mol. The molecule has 1 N–H and O–H groups in total. The van der Waals surface area contributed by atoms with Crippen molar-refractivity contribution in [1.29, 1.82) is 0 Å². The van der Waals surface area contributed by atoms with Gasteiger partial charge in [0.25, 0.3) is 0 Å². The number of carbonyl (C=O) groups excluding carboxylic acids is 2. The molecule has 3 atom stereocenters. The number of alkyl halides is 2. The van der Waals surface area contributed by atoms with E-state index < -0.39 is 50.0 Å². The molecule has 0 aromatic carbocycles. The Morgan fingerprint density at radius 3 is 2.29 bits per heavy atom. The minimum absolute atomic E-state index is 0.448. The quantitative estimate of drug-likeness (QED) is 0.622. The molecule has 0 spiro atoms. The average molecular weight is 326 g/mol. The van der Waals surface area contributed by atoms with Crippen molar-refractivity contribution in [3.63, 3.8) is 0 Å². The van der Waals surface area contributed by atoms with Gasteiger partial charge in [-0.1, -0.05) is 20.8 Å². The zero-order chi connectivity index (χ0) is 16.4. The lowest BCUT2D eigenvalue weighted by molar-refractivity contribution is -0.173. The van der Waals surface area contributed by atoms with Gasteiger partial charge in [0.05, 0.1) is 0 Å². The highest BCUT2D eigenvalue weighted by Gasteiger charge is 2.68. The lowest BCUT2D eigenvalue weighted by Gasteiger charge is -2.31. The largest absolute Gasteiger partial charge is 0.465 e. The molecule has 0 heterocycles. The van der Waals surface area contributed by atoms with E-state index in [0.29, 0.717) is 12.8 Å². The fraction of sp³-hybridized carbons (Fsp3) is 0.833. The number of Topliss-reactive ketones (excluding diaryl/α,β-unsaturated/α-hetero) is 1. The second kappa shape index (κ2) is 4.22. The van der Waals surface area contributed by atoms with Crippen molar-refractivity contribution in [3.8, 4) is 0 Å². The van der Waals surface area contributed by atoms with Crippen molar-refractivity contribution < 1.29 is 36.1 Å². The molecule has 2 rings (SSSR count). The van der Waals surface area contributed by atoms with Crippen LogP contribution in [0.5, 0.6) is 0 Å². The zero-order valence-corrected chi connectivity index (χ0v) is 12.5. The van der Waals surface area contributed by atoms with Crippen LogP contribution in [-0.2, 0) is 24.4 Å². The SMILES string of the molecule is CC12CCC(C(OC(=O)C(F)(F)S(=O)(=O)O)C1=O)C2(C)C. The van der Waals surface area contributed by atoms with Gasteiger partial charge >= 0.3 is 21.3 Å². The van der Waals surface area contributed by atoms with Crippen LogP contribution in [-0.4, -0.2) is 36.1 Å². The number of ether oxygens (including phenoxy) is 1. The third-order valence-electron chi connectivity index (χ3n) is 5.27. The maximum Gasteiger partial charge on any atom is 0.465 e. The molecule has 9 heteroatoms. The molecule has 2 saturated carbocycles. The molecule has 120 valence electrons. The predicted octanol–water partition coefficient (Wildman–Crippen LogP) is 1.40. The van der Waals surface area contributed by atoms with Gasteiger partial charge in [0, 0.05) is 11.3 Å². The Kier molecular flexibility index (Phi) is 3.27. The number of hydrogen-bond donors (Lipinski definition) is 1. The average Bonchev–Trinajstić information content (AvgIpc) is 2.62. The van der Waals surface area contributed by atoms with E-state index in [-0.39, 0.29) is 0 Å². The first-order valence-corrected chi connectivity index (χ1v) is 7.81. The summed E-state index contributed by atoms with van der Waals surface area (Å²) in [7, 11) is -5.94. The molecule has 2 aliphatic rings. The van der Waals surface area contributed by atoms with Crippen LogP contribution in [0, 0.1) is 16.7 Å². The third kappa shape index (κ3) is 1.93. The van der Waals surface area contributed by atoms with E-state index in [1.54, 1.807) is 20.8 Å². The Bertz CT molecular complexity index is 611. The second-order valence-electron chi connectivity index (χ2n) is 6.38. The fourth-order valence-electron chi connectivity index (χ4n) is 3.43. The van der Waals surface area contributed by atoms with Gasteiger partial charge in [-0.25, -0.2) is 4.79 Å². The first-order valence-electron chi connectivity index (χ1n) is 6.37. The van der Waals surface area contributed by atoms with Crippen molar-refractivity contribution >= 4 is 21.9 Å². The van der Waals surface area contributed by atoms with Crippen LogP contribution in [0.2, 0.25) is 0 Å². The standard InChI is InChI=1S/C12H16F2O6S/c1-10(2)6-4-5-11(10,3)8(15)7(6)20-9(16)12(13,14)21(17,18)19/h6-7H,4-5H2,1-3H3,(H,17,18,19). The number of fused-ring (bicyclic) bond motifs is 2. The minimum Gasteiger partial charge on any atom is -0.449 e. The van der Waals surface area contributed by atoms with E-state index in [1.807, 2.05) is 0 Å². The lowest BCUT2D eigenvalue weighted by atomic mass is 9.70. The Morgan fingerprint density at radius 2 is 1.90 bits per heavy atom. The van der Waals surface area contributed by atoms with Gasteiger partial charge in [0.1, 0.15) is 0 Å². The van der Waals surface area contributed by atoms with Crippen LogP contribution in [0.4, 0.5) is 8.78 Å². The summed E-state index contributed by atoms with van der Waals surface area (Å²) in [4.78, 5) is 23.6. The van der Waals surface area contributed by atoms with Crippen molar-refractivity contribution in [2.75, 3.05) is 0 Å². The Hall–Kier alpha value is -1.09. The predicted molar refractivity (Wildman–Crippen MR) is 66.0 cm³/mol. The molecule has 0 radical (unpaired) electrons. The van der Waals surface area contributed by atoms with Crippen LogP contribution >= 0.6 is 0 Å². The van der Waals surface area contributed by atoms with Crippen LogP contribution in [0.1, 0.15) is 33.6 Å². The monoisotopic (exact) mass is 326 g/mol. The molecule has 2 fully saturated rings. The molecule has 0 aromatic heterocycles. The van der Waals surface area contributed by atoms with Crippen molar-refractivity contribution in [2.24, 2.45) is 16.7 Å². The molecule has 21 heavy (non-hydrogen) atoms. The smallest absolute Gasteiger partial charge is 0.449 e. The molecule has 2 aliphatic carbocycles. The van der Waals surface area contributed by atoms with Gasteiger partial charge in [0.2, 0.25) is 0 Å². The zero-order valence-electron chi connectivity index (χ0n) is 11.7. The normalized spacial score (nSPS) is 35.0. The molecule has 0 saturated heterocycles. The van der Waals surface area contributed by atoms with E-state index >= 15 is 0 Å². The molecule has 2 bridgehead atoms. The first kappa shape index (κ1) is 16.3. The summed E-state index contributed by atoms with van der Waals surface area (Å²) >= 11 is 0. The summed E-state index contributed by atoms with van der Waals surface area (Å²) in [5.41, 5.74) is -1.33. The van der Waals surface area contributed by atoms with E-state index in [9.17, 15) is 26.8 Å². The third-order valence-corrected chi connectivity index (χ3v) is 6.08. The first-order chi connectivity index (χ1) is 9.27. The van der Waals surface area contributed by atoms with E-state index in [2.05, 4.69) is 4.74 Å². The summed E-state index contributed by atoms with van der Waals surface area (Å²) in [6.45, 7) is 5.26. The number of rotatable bonds is 3. The van der Waals surface area contributed by atoms with Gasteiger partial charge in [-0.05, 0) is 18.3 Å². The van der Waals surface area contributed by atoms with Gasteiger partial charge < -0.3 is 4.74 Å². The summed E-state index contributed by atoms with van der Waals surface area (Å²) in [5, 5.41) is -5.08. The van der Waals surface area contributed by atoms with Gasteiger partial charge in [-0.15, -0.1) is 0 Å². The second-order valence-corrected chi connectivity index (χ2v) is 7.84. The van der Waals surface area contributed by atoms with E-state index in [1.165, 1.54) is 0 Å². The number of ketones is 1. The maximum absolute atomic E-state index is 13.2. The van der Waals surface area contributed by atoms with Crippen molar-refractivity contribution in [3.05, 3.63) is 0 Å². The number of esters is 1. The number of carbonyl (C=O) groups is 2. The summed E-state index contributed by atoms with van der Waals surface area (Å²) in [6, 6.07) is 0. The Morgan fingerprint density at radius 1 is 1.38 bits per heavy atom. The number of hydrogen-bond acceptors (Lipinski definition) is 5. The maximum atomic E-state index is 13.2. The summed E-state index contributed by atoms with van der Waals surface area (Å²) in [5.74, 6) is -3.35. The van der Waals surface area contributed by atoms with Crippen LogP contribution in [0.3, 0.4) is 0 Å². The molecule has 0 aliphatic heterocycles. The highest BCUT2D eigenvalue weighted by Crippen LogP contribution is 2.64. The van der Waals surface area contributed by atoms with Crippen LogP contribution < -0.4 is 0 Å². The molecule has 3 unspecified atom stereocenters. The molecule has 0 aromatic rings. The summed E-state index contributed by atoms with van der Waals surface area (Å²) in [6.07, 6.45) is -0.324. The lowest BCUT2D eigenvalue weighted by Crippen LogP contribution is -2.44. The van der Waals surface area contributed by atoms with Crippen molar-refractivity contribution in [1.82, 2.24) is 0 Å². The van der Waals surface area contributed by atoms with Gasteiger partial charge in [-0.3, -0.25) is 9.35 Å². The van der Waals surface area contributed by atoms with Gasteiger partial charge in [-0.2, -0.15) is 17.2 Å². The molecule has 0 amide bonds. The Balaban J connectivity index is 2.27. The van der Waals surface area contributed by atoms with Gasteiger partial charge in [0.15, 0.2) is 11.9 Å². The van der Waals surface area contributed by atoms with Crippen molar-refractivity contribution in [2.45, 2.75) is 45.0 Å². The van der Waals surface area contributed by atoms with E-state index in [0.717, 1.165) is 0 Å².